The molecule has 0 aromatic rings. The molecule has 0 aromatic carbocycles. The zero-order chi connectivity index (χ0) is 8.81. The molecule has 70 valence electrons. The Morgan fingerprint density at radius 2 is 1.92 bits per heavy atom. The first-order valence-corrected chi connectivity index (χ1v) is 5.32. The molecule has 0 atom stereocenters. The van der Waals surface area contributed by atoms with Gasteiger partial charge in [0.15, 0.2) is 0 Å². The molecular formula is C11H21N. The first kappa shape index (κ1) is 9.63. The second-order valence-electron chi connectivity index (χ2n) is 3.47. The topological polar surface area (TPSA) is 3.24 Å². The normalized spacial score (nSPS) is 18.3. The van der Waals surface area contributed by atoms with E-state index in [-0.39, 0.29) is 0 Å². The molecule has 0 aliphatic heterocycles. The highest BCUT2D eigenvalue weighted by Crippen LogP contribution is 2.19. The minimum Gasteiger partial charge on any atom is -0.376 e. The maximum absolute atomic E-state index is 2.49. The van der Waals surface area contributed by atoms with Gasteiger partial charge in [0.1, 0.15) is 0 Å². The standard InChI is InChI=1S/C11H21N/c1-3-12(4-2)11-9-7-5-6-8-10-11/h9H,3-8,10H2,1-2H3. The first-order valence-electron chi connectivity index (χ1n) is 5.32. The summed E-state index contributed by atoms with van der Waals surface area (Å²) in [6.07, 6.45) is 9.25. The quantitative estimate of drug-likeness (QED) is 0.624. The smallest absolute Gasteiger partial charge is 0.0146 e. The SMILES string of the molecule is CCN(CC)C1=CCCCCC1. The van der Waals surface area contributed by atoms with Crippen LogP contribution in [0.25, 0.3) is 0 Å². The van der Waals surface area contributed by atoms with Crippen LogP contribution >= 0.6 is 0 Å². The molecule has 0 fully saturated rings. The van der Waals surface area contributed by atoms with Gasteiger partial charge in [-0.1, -0.05) is 12.5 Å². The van der Waals surface area contributed by atoms with Crippen molar-refractivity contribution in [3.05, 3.63) is 11.8 Å². The minimum atomic E-state index is 1.17. The summed E-state index contributed by atoms with van der Waals surface area (Å²) >= 11 is 0. The molecule has 12 heavy (non-hydrogen) atoms. The van der Waals surface area contributed by atoms with Crippen LogP contribution in [0.4, 0.5) is 0 Å². The maximum atomic E-state index is 2.49. The lowest BCUT2D eigenvalue weighted by Crippen LogP contribution is -2.21. The molecule has 0 spiro atoms. The van der Waals surface area contributed by atoms with Crippen molar-refractivity contribution in [2.75, 3.05) is 13.1 Å². The lowest BCUT2D eigenvalue weighted by Gasteiger charge is -2.23. The van der Waals surface area contributed by atoms with Crippen LogP contribution < -0.4 is 0 Å². The van der Waals surface area contributed by atoms with Crippen molar-refractivity contribution < 1.29 is 0 Å². The van der Waals surface area contributed by atoms with E-state index in [0.29, 0.717) is 0 Å². The van der Waals surface area contributed by atoms with Gasteiger partial charge in [0, 0.05) is 18.8 Å². The van der Waals surface area contributed by atoms with Crippen LogP contribution in [-0.4, -0.2) is 18.0 Å². The van der Waals surface area contributed by atoms with E-state index in [1.807, 2.05) is 0 Å². The van der Waals surface area contributed by atoms with Gasteiger partial charge in [0.25, 0.3) is 0 Å². The number of hydrogen-bond acceptors (Lipinski definition) is 1. The molecule has 0 amide bonds. The molecule has 0 aromatic heterocycles. The van der Waals surface area contributed by atoms with E-state index >= 15 is 0 Å². The van der Waals surface area contributed by atoms with E-state index in [4.69, 9.17) is 0 Å². The Morgan fingerprint density at radius 3 is 2.58 bits per heavy atom. The molecule has 0 bridgehead atoms. The van der Waals surface area contributed by atoms with Gasteiger partial charge >= 0.3 is 0 Å². The zero-order valence-corrected chi connectivity index (χ0v) is 8.47. The summed E-state index contributed by atoms with van der Waals surface area (Å²) in [6.45, 7) is 6.83. The van der Waals surface area contributed by atoms with Crippen LogP contribution in [0.1, 0.15) is 46.0 Å². The van der Waals surface area contributed by atoms with Crippen molar-refractivity contribution in [3.8, 4) is 0 Å². The summed E-state index contributed by atoms with van der Waals surface area (Å²) in [4.78, 5) is 2.49. The van der Waals surface area contributed by atoms with Crippen LogP contribution in [-0.2, 0) is 0 Å². The molecule has 0 heterocycles. The fourth-order valence-electron chi connectivity index (χ4n) is 1.91. The maximum Gasteiger partial charge on any atom is 0.0146 e. The van der Waals surface area contributed by atoms with Crippen LogP contribution in [0.5, 0.6) is 0 Å². The van der Waals surface area contributed by atoms with Crippen molar-refractivity contribution in [1.82, 2.24) is 4.90 Å². The molecule has 0 N–H and O–H groups in total. The lowest BCUT2D eigenvalue weighted by atomic mass is 10.2. The van der Waals surface area contributed by atoms with E-state index < -0.39 is 0 Å². The monoisotopic (exact) mass is 167 g/mol. The van der Waals surface area contributed by atoms with Crippen LogP contribution in [0.3, 0.4) is 0 Å². The summed E-state index contributed by atoms with van der Waals surface area (Å²) in [6, 6.07) is 0. The number of allylic oxidation sites excluding steroid dienone is 2. The van der Waals surface area contributed by atoms with Gasteiger partial charge in [-0.15, -0.1) is 0 Å². The highest BCUT2D eigenvalue weighted by Gasteiger charge is 2.07. The predicted octanol–water partition coefficient (Wildman–Crippen LogP) is 3.18. The highest BCUT2D eigenvalue weighted by molar-refractivity contribution is 5.02. The fourth-order valence-corrected chi connectivity index (χ4v) is 1.91. The van der Waals surface area contributed by atoms with Gasteiger partial charge < -0.3 is 4.90 Å². The molecule has 0 saturated heterocycles. The lowest BCUT2D eigenvalue weighted by molar-refractivity contribution is 0.366. The Labute approximate surface area is 76.5 Å². The van der Waals surface area contributed by atoms with Crippen molar-refractivity contribution >= 4 is 0 Å². The zero-order valence-electron chi connectivity index (χ0n) is 8.47. The van der Waals surface area contributed by atoms with Crippen molar-refractivity contribution in [3.63, 3.8) is 0 Å². The molecule has 1 aliphatic carbocycles. The van der Waals surface area contributed by atoms with E-state index in [0.717, 1.165) is 0 Å². The Hall–Kier alpha value is -0.460. The third kappa shape index (κ3) is 2.54. The number of hydrogen-bond donors (Lipinski definition) is 0. The Kier molecular flexibility index (Phi) is 4.20. The Balaban J connectivity index is 2.50. The van der Waals surface area contributed by atoms with E-state index in [1.165, 1.54) is 45.2 Å². The van der Waals surface area contributed by atoms with E-state index in [2.05, 4.69) is 24.8 Å². The average Bonchev–Trinajstić information content (AvgIpc) is 2.35. The average molecular weight is 167 g/mol. The van der Waals surface area contributed by atoms with Gasteiger partial charge in [-0.25, -0.2) is 0 Å². The summed E-state index contributed by atoms with van der Waals surface area (Å²) in [5.74, 6) is 0. The van der Waals surface area contributed by atoms with Crippen molar-refractivity contribution in [2.45, 2.75) is 46.0 Å². The summed E-state index contributed by atoms with van der Waals surface area (Å²) in [5, 5.41) is 0. The number of nitrogens with zero attached hydrogens (tertiary/aromatic N) is 1. The molecule has 0 unspecified atom stereocenters. The molecule has 1 heteroatoms. The van der Waals surface area contributed by atoms with Gasteiger partial charge in [-0.3, -0.25) is 0 Å². The molecular weight excluding hydrogens is 146 g/mol. The van der Waals surface area contributed by atoms with Crippen molar-refractivity contribution in [2.24, 2.45) is 0 Å². The van der Waals surface area contributed by atoms with E-state index in [9.17, 15) is 0 Å². The second kappa shape index (κ2) is 5.23. The molecule has 0 saturated carbocycles. The third-order valence-electron chi connectivity index (χ3n) is 2.69. The third-order valence-corrected chi connectivity index (χ3v) is 2.69. The molecule has 1 rings (SSSR count). The predicted molar refractivity (Wildman–Crippen MR) is 54.1 cm³/mol. The van der Waals surface area contributed by atoms with Crippen LogP contribution in [0, 0.1) is 0 Å². The molecule has 1 nitrogen and oxygen atoms in total. The fraction of sp³-hybridized carbons (Fsp3) is 0.818. The van der Waals surface area contributed by atoms with Gasteiger partial charge in [0.2, 0.25) is 0 Å². The summed E-state index contributed by atoms with van der Waals surface area (Å²) < 4.78 is 0. The minimum absolute atomic E-state index is 1.17. The Morgan fingerprint density at radius 1 is 1.17 bits per heavy atom. The van der Waals surface area contributed by atoms with Gasteiger partial charge in [-0.2, -0.15) is 0 Å². The van der Waals surface area contributed by atoms with Gasteiger partial charge in [0.05, 0.1) is 0 Å². The first-order chi connectivity index (χ1) is 5.88. The summed E-state index contributed by atoms with van der Waals surface area (Å²) in [5.41, 5.74) is 1.59. The molecule has 0 radical (unpaired) electrons. The largest absolute Gasteiger partial charge is 0.376 e. The highest BCUT2D eigenvalue weighted by atomic mass is 15.1. The van der Waals surface area contributed by atoms with Crippen LogP contribution in [0.15, 0.2) is 11.8 Å². The van der Waals surface area contributed by atoms with Crippen molar-refractivity contribution in [1.29, 1.82) is 0 Å². The number of rotatable bonds is 3. The molecule has 1 aliphatic rings. The van der Waals surface area contributed by atoms with Gasteiger partial charge in [-0.05, 0) is 39.5 Å². The second-order valence-corrected chi connectivity index (χ2v) is 3.47. The van der Waals surface area contributed by atoms with E-state index in [1.54, 1.807) is 5.70 Å². The Bertz CT molecular complexity index is 145. The summed E-state index contributed by atoms with van der Waals surface area (Å²) in [7, 11) is 0. The van der Waals surface area contributed by atoms with Crippen LogP contribution in [0.2, 0.25) is 0 Å².